The van der Waals surface area contributed by atoms with Crippen molar-refractivity contribution in [3.63, 3.8) is 0 Å². The molecular weight excluding hydrogens is 198 g/mol. The van der Waals surface area contributed by atoms with Crippen molar-refractivity contribution < 1.29 is 0 Å². The van der Waals surface area contributed by atoms with E-state index in [4.69, 9.17) is 5.73 Å². The van der Waals surface area contributed by atoms with Crippen LogP contribution in [0.1, 0.15) is 19.8 Å². The Morgan fingerprint density at radius 3 is 2.56 bits per heavy atom. The summed E-state index contributed by atoms with van der Waals surface area (Å²) in [6.45, 7) is 3.25. The highest BCUT2D eigenvalue weighted by atomic mass is 15.2. The molecule has 88 valence electrons. The second-order valence-corrected chi connectivity index (χ2v) is 4.75. The zero-order valence-corrected chi connectivity index (χ0v) is 10.1. The topological polar surface area (TPSA) is 41.3 Å². The van der Waals surface area contributed by atoms with Crippen LogP contribution in [0, 0.1) is 0 Å². The summed E-state index contributed by atoms with van der Waals surface area (Å²) in [5.74, 6) is 0. The SMILES string of the molecule is CC(CNc1ccc(N)cc1)N(C)C1CC1. The lowest BCUT2D eigenvalue weighted by Gasteiger charge is -2.25. The number of nitrogens with zero attached hydrogens (tertiary/aromatic N) is 1. The Hall–Kier alpha value is -1.22. The van der Waals surface area contributed by atoms with Crippen molar-refractivity contribution in [2.45, 2.75) is 31.8 Å². The first-order valence-corrected chi connectivity index (χ1v) is 5.98. The minimum atomic E-state index is 0.574. The third-order valence-corrected chi connectivity index (χ3v) is 3.33. The third-order valence-electron chi connectivity index (χ3n) is 3.33. The standard InChI is InChI=1S/C13H21N3/c1-10(16(2)13-7-8-13)9-15-12-5-3-11(14)4-6-12/h3-6,10,13,15H,7-9,14H2,1-2H3. The highest BCUT2D eigenvalue weighted by Crippen LogP contribution is 2.26. The molecule has 16 heavy (non-hydrogen) atoms. The Morgan fingerprint density at radius 1 is 1.38 bits per heavy atom. The summed E-state index contributed by atoms with van der Waals surface area (Å²) in [5, 5.41) is 3.44. The molecule has 2 rings (SSSR count). The Morgan fingerprint density at radius 2 is 2.00 bits per heavy atom. The van der Waals surface area contributed by atoms with E-state index in [0.29, 0.717) is 6.04 Å². The Kier molecular flexibility index (Phi) is 3.34. The Bertz CT molecular complexity index is 330. The van der Waals surface area contributed by atoms with E-state index in [1.807, 2.05) is 24.3 Å². The third kappa shape index (κ3) is 2.89. The van der Waals surface area contributed by atoms with E-state index in [2.05, 4.69) is 24.2 Å². The van der Waals surface area contributed by atoms with Gasteiger partial charge in [0.05, 0.1) is 0 Å². The van der Waals surface area contributed by atoms with Gasteiger partial charge in [-0.2, -0.15) is 0 Å². The van der Waals surface area contributed by atoms with Crippen LogP contribution in [0.15, 0.2) is 24.3 Å². The van der Waals surface area contributed by atoms with Crippen LogP contribution in [0.25, 0.3) is 0 Å². The summed E-state index contributed by atoms with van der Waals surface area (Å²) in [4.78, 5) is 2.46. The fourth-order valence-electron chi connectivity index (χ4n) is 1.85. The molecule has 1 fully saturated rings. The number of hydrogen-bond donors (Lipinski definition) is 2. The van der Waals surface area contributed by atoms with Crippen LogP contribution in [-0.4, -0.2) is 30.6 Å². The molecule has 0 radical (unpaired) electrons. The molecule has 0 aromatic heterocycles. The van der Waals surface area contributed by atoms with Crippen LogP contribution in [0.4, 0.5) is 11.4 Å². The lowest BCUT2D eigenvalue weighted by atomic mass is 10.2. The first-order valence-electron chi connectivity index (χ1n) is 5.98. The number of anilines is 2. The molecule has 1 aliphatic rings. The normalized spacial score (nSPS) is 17.4. The van der Waals surface area contributed by atoms with Gasteiger partial charge in [-0.05, 0) is 51.1 Å². The summed E-state index contributed by atoms with van der Waals surface area (Å²) < 4.78 is 0. The van der Waals surface area contributed by atoms with Gasteiger partial charge in [0.25, 0.3) is 0 Å². The lowest BCUT2D eigenvalue weighted by Crippen LogP contribution is -2.36. The largest absolute Gasteiger partial charge is 0.399 e. The van der Waals surface area contributed by atoms with Crippen molar-refractivity contribution in [2.75, 3.05) is 24.6 Å². The molecular formula is C13H21N3. The molecule has 1 aliphatic carbocycles. The molecule has 3 heteroatoms. The average Bonchev–Trinajstić information content (AvgIpc) is 3.11. The van der Waals surface area contributed by atoms with E-state index in [0.717, 1.165) is 24.0 Å². The van der Waals surface area contributed by atoms with Crippen LogP contribution in [-0.2, 0) is 0 Å². The van der Waals surface area contributed by atoms with Crippen molar-refractivity contribution in [3.05, 3.63) is 24.3 Å². The predicted octanol–water partition coefficient (Wildman–Crippen LogP) is 2.16. The maximum absolute atomic E-state index is 5.64. The second kappa shape index (κ2) is 4.74. The monoisotopic (exact) mass is 219 g/mol. The lowest BCUT2D eigenvalue weighted by molar-refractivity contribution is 0.257. The molecule has 1 aromatic carbocycles. The minimum Gasteiger partial charge on any atom is -0.399 e. The van der Waals surface area contributed by atoms with Gasteiger partial charge in [-0.3, -0.25) is 4.90 Å². The van der Waals surface area contributed by atoms with Crippen LogP contribution in [0.2, 0.25) is 0 Å². The fourth-order valence-corrected chi connectivity index (χ4v) is 1.85. The van der Waals surface area contributed by atoms with Gasteiger partial charge in [-0.1, -0.05) is 0 Å². The number of nitrogen functional groups attached to an aromatic ring is 1. The van der Waals surface area contributed by atoms with Crippen molar-refractivity contribution in [1.82, 2.24) is 4.90 Å². The molecule has 1 aromatic rings. The van der Waals surface area contributed by atoms with Crippen LogP contribution < -0.4 is 11.1 Å². The van der Waals surface area contributed by atoms with E-state index in [-0.39, 0.29) is 0 Å². The van der Waals surface area contributed by atoms with E-state index in [9.17, 15) is 0 Å². The van der Waals surface area contributed by atoms with Gasteiger partial charge >= 0.3 is 0 Å². The molecule has 0 saturated heterocycles. The maximum Gasteiger partial charge on any atom is 0.0342 e. The number of hydrogen-bond acceptors (Lipinski definition) is 3. The summed E-state index contributed by atoms with van der Waals surface area (Å²) in [5.41, 5.74) is 7.60. The number of nitrogens with one attached hydrogen (secondary N) is 1. The molecule has 1 saturated carbocycles. The molecule has 1 unspecified atom stereocenters. The van der Waals surface area contributed by atoms with E-state index >= 15 is 0 Å². The molecule has 0 amide bonds. The molecule has 1 atom stereocenters. The van der Waals surface area contributed by atoms with Crippen LogP contribution in [0.3, 0.4) is 0 Å². The average molecular weight is 219 g/mol. The minimum absolute atomic E-state index is 0.574. The smallest absolute Gasteiger partial charge is 0.0342 e. The fraction of sp³-hybridized carbons (Fsp3) is 0.538. The first-order chi connectivity index (χ1) is 7.66. The van der Waals surface area contributed by atoms with Crippen molar-refractivity contribution in [3.8, 4) is 0 Å². The second-order valence-electron chi connectivity index (χ2n) is 4.75. The Labute approximate surface area is 97.6 Å². The zero-order valence-electron chi connectivity index (χ0n) is 10.1. The molecule has 0 spiro atoms. The van der Waals surface area contributed by atoms with Gasteiger partial charge in [0.2, 0.25) is 0 Å². The summed E-state index contributed by atoms with van der Waals surface area (Å²) in [6, 6.07) is 9.31. The van der Waals surface area contributed by atoms with Gasteiger partial charge < -0.3 is 11.1 Å². The van der Waals surface area contributed by atoms with Gasteiger partial charge in [0.15, 0.2) is 0 Å². The molecule has 3 nitrogen and oxygen atoms in total. The van der Waals surface area contributed by atoms with Crippen LogP contribution >= 0.6 is 0 Å². The number of nitrogens with two attached hydrogens (primary N) is 1. The quantitative estimate of drug-likeness (QED) is 0.746. The van der Waals surface area contributed by atoms with Gasteiger partial charge in [-0.25, -0.2) is 0 Å². The van der Waals surface area contributed by atoms with E-state index in [1.165, 1.54) is 12.8 Å². The summed E-state index contributed by atoms with van der Waals surface area (Å²) in [7, 11) is 2.22. The number of rotatable bonds is 5. The summed E-state index contributed by atoms with van der Waals surface area (Å²) >= 11 is 0. The molecule has 0 heterocycles. The zero-order chi connectivity index (χ0) is 11.5. The van der Waals surface area contributed by atoms with Gasteiger partial charge in [0, 0.05) is 30.0 Å². The van der Waals surface area contributed by atoms with Gasteiger partial charge in [-0.15, -0.1) is 0 Å². The number of benzene rings is 1. The van der Waals surface area contributed by atoms with Crippen molar-refractivity contribution in [2.24, 2.45) is 0 Å². The predicted molar refractivity (Wildman–Crippen MR) is 69.6 cm³/mol. The van der Waals surface area contributed by atoms with E-state index in [1.54, 1.807) is 0 Å². The van der Waals surface area contributed by atoms with E-state index < -0.39 is 0 Å². The van der Waals surface area contributed by atoms with Crippen molar-refractivity contribution >= 4 is 11.4 Å². The first kappa shape index (κ1) is 11.3. The van der Waals surface area contributed by atoms with Crippen LogP contribution in [0.5, 0.6) is 0 Å². The molecule has 3 N–H and O–H groups in total. The highest BCUT2D eigenvalue weighted by Gasteiger charge is 2.28. The summed E-state index contributed by atoms with van der Waals surface area (Å²) in [6.07, 6.45) is 2.73. The molecule has 0 aliphatic heterocycles. The number of likely N-dealkylation sites (N-methyl/N-ethyl adjacent to an activating group) is 1. The van der Waals surface area contributed by atoms with Crippen molar-refractivity contribution in [1.29, 1.82) is 0 Å². The van der Waals surface area contributed by atoms with Gasteiger partial charge in [0.1, 0.15) is 0 Å². The molecule has 0 bridgehead atoms. The maximum atomic E-state index is 5.64. The highest BCUT2D eigenvalue weighted by molar-refractivity contribution is 5.51. The Balaban J connectivity index is 1.79.